The molecular formula is C11H19N3O. The lowest BCUT2D eigenvalue weighted by Crippen LogP contribution is -2.19. The Morgan fingerprint density at radius 1 is 1.27 bits per heavy atom. The summed E-state index contributed by atoms with van der Waals surface area (Å²) in [6, 6.07) is 0. The molecule has 1 rings (SSSR count). The van der Waals surface area contributed by atoms with Crippen LogP contribution in [0.1, 0.15) is 25.6 Å². The number of aromatic nitrogens is 2. The van der Waals surface area contributed by atoms with Crippen LogP contribution in [-0.4, -0.2) is 42.1 Å². The predicted molar refractivity (Wildman–Crippen MR) is 60.2 cm³/mol. The fraction of sp³-hybridized carbons (Fsp3) is 0.636. The number of nitrogens with zero attached hydrogens (tertiary/aromatic N) is 3. The maximum absolute atomic E-state index is 5.48. The van der Waals surface area contributed by atoms with Crippen LogP contribution >= 0.6 is 0 Å². The second-order valence-electron chi connectivity index (χ2n) is 4.08. The summed E-state index contributed by atoms with van der Waals surface area (Å²) in [7, 11) is 4.03. The van der Waals surface area contributed by atoms with Crippen LogP contribution in [0, 0.1) is 0 Å². The second-order valence-corrected chi connectivity index (χ2v) is 4.08. The average molecular weight is 209 g/mol. The molecule has 1 aromatic rings. The summed E-state index contributed by atoms with van der Waals surface area (Å²) in [5, 5.41) is 0. The highest BCUT2D eigenvalue weighted by molar-refractivity contribution is 5.13. The number of ether oxygens (including phenoxy) is 1. The minimum absolute atomic E-state index is 0.362. The van der Waals surface area contributed by atoms with Crippen molar-refractivity contribution in [3.8, 4) is 5.75 Å². The van der Waals surface area contributed by atoms with Gasteiger partial charge in [0.25, 0.3) is 0 Å². The smallest absolute Gasteiger partial charge is 0.155 e. The molecule has 0 saturated heterocycles. The van der Waals surface area contributed by atoms with Crippen molar-refractivity contribution in [1.82, 2.24) is 14.9 Å². The van der Waals surface area contributed by atoms with Gasteiger partial charge in [-0.3, -0.25) is 0 Å². The van der Waals surface area contributed by atoms with Crippen molar-refractivity contribution in [2.24, 2.45) is 0 Å². The Labute approximate surface area is 91.3 Å². The molecule has 1 heterocycles. The quantitative estimate of drug-likeness (QED) is 0.737. The Hall–Kier alpha value is -1.16. The van der Waals surface area contributed by atoms with Gasteiger partial charge in [-0.1, -0.05) is 13.8 Å². The molecule has 0 aliphatic carbocycles. The van der Waals surface area contributed by atoms with Gasteiger partial charge in [0.1, 0.15) is 12.4 Å². The number of likely N-dealkylation sites (N-methyl/N-ethyl adjacent to an activating group) is 1. The second kappa shape index (κ2) is 5.66. The molecule has 0 bridgehead atoms. The molecule has 1 aromatic heterocycles. The lowest BCUT2D eigenvalue weighted by Gasteiger charge is -2.10. The van der Waals surface area contributed by atoms with Gasteiger partial charge in [0.05, 0.1) is 12.4 Å². The van der Waals surface area contributed by atoms with Gasteiger partial charge in [-0.05, 0) is 14.1 Å². The van der Waals surface area contributed by atoms with Crippen LogP contribution in [0.3, 0.4) is 0 Å². The zero-order chi connectivity index (χ0) is 11.3. The van der Waals surface area contributed by atoms with Gasteiger partial charge < -0.3 is 9.64 Å². The standard InChI is InChI=1S/C11H19N3O/c1-9(2)11-12-7-10(8-13-11)15-6-5-14(3)4/h7-9H,5-6H2,1-4H3. The van der Waals surface area contributed by atoms with Crippen molar-refractivity contribution in [3.05, 3.63) is 18.2 Å². The fourth-order valence-electron chi connectivity index (χ4n) is 1.04. The van der Waals surface area contributed by atoms with Gasteiger partial charge in [-0.15, -0.1) is 0 Å². The molecule has 0 aliphatic rings. The van der Waals surface area contributed by atoms with Crippen molar-refractivity contribution in [2.45, 2.75) is 19.8 Å². The molecule has 0 fully saturated rings. The van der Waals surface area contributed by atoms with Gasteiger partial charge >= 0.3 is 0 Å². The van der Waals surface area contributed by atoms with Crippen LogP contribution in [0.15, 0.2) is 12.4 Å². The van der Waals surface area contributed by atoms with Gasteiger partial charge in [-0.25, -0.2) is 9.97 Å². The predicted octanol–water partition coefficient (Wildman–Crippen LogP) is 1.54. The average Bonchev–Trinajstić information content (AvgIpc) is 2.18. The van der Waals surface area contributed by atoms with E-state index in [1.807, 2.05) is 14.1 Å². The summed E-state index contributed by atoms with van der Waals surface area (Å²) < 4.78 is 5.48. The topological polar surface area (TPSA) is 38.2 Å². The van der Waals surface area contributed by atoms with E-state index in [9.17, 15) is 0 Å². The van der Waals surface area contributed by atoms with E-state index < -0.39 is 0 Å². The van der Waals surface area contributed by atoms with E-state index in [-0.39, 0.29) is 0 Å². The molecule has 4 heteroatoms. The van der Waals surface area contributed by atoms with Crippen molar-refractivity contribution in [3.63, 3.8) is 0 Å². The Balaban J connectivity index is 2.43. The van der Waals surface area contributed by atoms with Crippen molar-refractivity contribution >= 4 is 0 Å². The third-order valence-electron chi connectivity index (χ3n) is 1.97. The van der Waals surface area contributed by atoms with Gasteiger partial charge in [-0.2, -0.15) is 0 Å². The molecule has 4 nitrogen and oxygen atoms in total. The molecular weight excluding hydrogens is 190 g/mol. The fourth-order valence-corrected chi connectivity index (χ4v) is 1.04. The summed E-state index contributed by atoms with van der Waals surface area (Å²) in [6.45, 7) is 5.70. The molecule has 0 radical (unpaired) electrons. The first-order valence-corrected chi connectivity index (χ1v) is 5.19. The molecule has 0 atom stereocenters. The Morgan fingerprint density at radius 2 is 1.87 bits per heavy atom. The zero-order valence-corrected chi connectivity index (χ0v) is 9.90. The molecule has 0 N–H and O–H groups in total. The van der Waals surface area contributed by atoms with E-state index >= 15 is 0 Å². The van der Waals surface area contributed by atoms with E-state index in [0.29, 0.717) is 12.5 Å². The highest BCUT2D eigenvalue weighted by atomic mass is 16.5. The van der Waals surface area contributed by atoms with Crippen molar-refractivity contribution < 1.29 is 4.74 Å². The molecule has 15 heavy (non-hydrogen) atoms. The summed E-state index contributed by atoms with van der Waals surface area (Å²) >= 11 is 0. The van der Waals surface area contributed by atoms with E-state index in [1.54, 1.807) is 12.4 Å². The van der Waals surface area contributed by atoms with E-state index in [0.717, 1.165) is 18.1 Å². The maximum atomic E-state index is 5.48. The van der Waals surface area contributed by atoms with Gasteiger partial charge in [0, 0.05) is 12.5 Å². The molecule has 0 unspecified atom stereocenters. The van der Waals surface area contributed by atoms with E-state index in [2.05, 4.69) is 28.7 Å². The van der Waals surface area contributed by atoms with Gasteiger partial charge in [0.2, 0.25) is 0 Å². The van der Waals surface area contributed by atoms with Crippen molar-refractivity contribution in [2.75, 3.05) is 27.2 Å². The van der Waals surface area contributed by atoms with Crippen molar-refractivity contribution in [1.29, 1.82) is 0 Å². The molecule has 0 amide bonds. The summed E-state index contributed by atoms with van der Waals surface area (Å²) in [4.78, 5) is 10.5. The van der Waals surface area contributed by atoms with Crippen LogP contribution in [0.2, 0.25) is 0 Å². The highest BCUT2D eigenvalue weighted by Crippen LogP contribution is 2.11. The maximum Gasteiger partial charge on any atom is 0.155 e. The Bertz CT molecular complexity index is 282. The van der Waals surface area contributed by atoms with E-state index in [4.69, 9.17) is 4.74 Å². The van der Waals surface area contributed by atoms with Crippen LogP contribution in [0.4, 0.5) is 0 Å². The molecule has 84 valence electrons. The minimum Gasteiger partial charge on any atom is -0.489 e. The monoisotopic (exact) mass is 209 g/mol. The lowest BCUT2D eigenvalue weighted by atomic mass is 10.2. The molecule has 0 aromatic carbocycles. The summed E-state index contributed by atoms with van der Waals surface area (Å²) in [5.74, 6) is 1.96. The molecule has 0 spiro atoms. The van der Waals surface area contributed by atoms with Gasteiger partial charge in [0.15, 0.2) is 5.75 Å². The number of hydrogen-bond acceptors (Lipinski definition) is 4. The third-order valence-corrected chi connectivity index (χ3v) is 1.97. The largest absolute Gasteiger partial charge is 0.489 e. The highest BCUT2D eigenvalue weighted by Gasteiger charge is 2.02. The Morgan fingerprint density at radius 3 is 2.33 bits per heavy atom. The third kappa shape index (κ3) is 4.25. The Kier molecular flexibility index (Phi) is 4.49. The van der Waals surface area contributed by atoms with Crippen LogP contribution in [0.5, 0.6) is 5.75 Å². The summed E-state index contributed by atoms with van der Waals surface area (Å²) in [6.07, 6.45) is 3.47. The van der Waals surface area contributed by atoms with Crippen LogP contribution in [0.25, 0.3) is 0 Å². The SMILES string of the molecule is CC(C)c1ncc(OCCN(C)C)cn1. The van der Waals surface area contributed by atoms with Crippen LogP contribution < -0.4 is 4.74 Å². The lowest BCUT2D eigenvalue weighted by molar-refractivity contribution is 0.259. The number of rotatable bonds is 5. The first-order valence-electron chi connectivity index (χ1n) is 5.19. The van der Waals surface area contributed by atoms with Crippen LogP contribution in [-0.2, 0) is 0 Å². The van der Waals surface area contributed by atoms with E-state index in [1.165, 1.54) is 0 Å². The molecule has 0 saturated carbocycles. The zero-order valence-electron chi connectivity index (χ0n) is 9.90. The number of hydrogen-bond donors (Lipinski definition) is 0. The minimum atomic E-state index is 0.362. The first-order chi connectivity index (χ1) is 7.09. The normalized spacial score (nSPS) is 11.1. The molecule has 0 aliphatic heterocycles. The summed E-state index contributed by atoms with van der Waals surface area (Å²) in [5.41, 5.74) is 0. The first kappa shape index (κ1) is 11.9.